The molecule has 5 aliphatic rings. The molecule has 1 aromatic heterocycles. The number of fused-ring (bicyclic) bond motifs is 4. The Kier molecular flexibility index (Phi) is 5.31. The number of anilines is 1. The van der Waals surface area contributed by atoms with Gasteiger partial charge < -0.3 is 15.6 Å². The molecule has 39 heavy (non-hydrogen) atoms. The average molecular weight is 522 g/mol. The Balaban J connectivity index is 0.978. The summed E-state index contributed by atoms with van der Waals surface area (Å²) in [7, 11) is 0. The Hall–Kier alpha value is -3.08. The second kappa shape index (κ2) is 8.71. The van der Waals surface area contributed by atoms with Crippen molar-refractivity contribution in [2.24, 2.45) is 29.1 Å². The summed E-state index contributed by atoms with van der Waals surface area (Å²) in [4.78, 5) is 29.7. The first-order valence-electron chi connectivity index (χ1n) is 15.3. The summed E-state index contributed by atoms with van der Waals surface area (Å²) in [5.41, 5.74) is 5.27. The van der Waals surface area contributed by atoms with Crippen molar-refractivity contribution >= 4 is 28.4 Å². The van der Waals surface area contributed by atoms with Crippen LogP contribution in [-0.2, 0) is 4.79 Å². The molecule has 2 amide bonds. The van der Waals surface area contributed by atoms with Gasteiger partial charge in [-0.3, -0.25) is 9.59 Å². The summed E-state index contributed by atoms with van der Waals surface area (Å²) in [6.07, 6.45) is 14.8. The van der Waals surface area contributed by atoms with E-state index in [4.69, 9.17) is 0 Å². The highest BCUT2D eigenvalue weighted by atomic mass is 16.2. The lowest BCUT2D eigenvalue weighted by atomic mass is 9.59. The van der Waals surface area contributed by atoms with Gasteiger partial charge in [-0.1, -0.05) is 31.4 Å². The van der Waals surface area contributed by atoms with Crippen LogP contribution in [0.4, 0.5) is 5.69 Å². The van der Waals surface area contributed by atoms with Gasteiger partial charge in [-0.2, -0.15) is 0 Å². The van der Waals surface area contributed by atoms with E-state index in [1.54, 1.807) is 0 Å². The zero-order valence-electron chi connectivity index (χ0n) is 22.7. The minimum Gasteiger partial charge on any atom is -0.355 e. The van der Waals surface area contributed by atoms with E-state index in [0.29, 0.717) is 5.41 Å². The van der Waals surface area contributed by atoms with Crippen LogP contribution in [0.1, 0.15) is 87.4 Å². The third kappa shape index (κ3) is 4.03. The van der Waals surface area contributed by atoms with Crippen LogP contribution in [0.2, 0.25) is 0 Å². The summed E-state index contributed by atoms with van der Waals surface area (Å²) >= 11 is 0. The van der Waals surface area contributed by atoms with E-state index in [0.717, 1.165) is 76.8 Å². The zero-order valence-corrected chi connectivity index (χ0v) is 22.7. The number of aromatic amines is 1. The molecule has 8 rings (SSSR count). The van der Waals surface area contributed by atoms with E-state index in [-0.39, 0.29) is 23.3 Å². The summed E-state index contributed by atoms with van der Waals surface area (Å²) in [5.74, 6) is 2.94. The molecule has 5 heteroatoms. The normalized spacial score (nSPS) is 33.0. The quantitative estimate of drug-likeness (QED) is 0.326. The molecule has 0 unspecified atom stereocenters. The van der Waals surface area contributed by atoms with Gasteiger partial charge >= 0.3 is 0 Å². The molecule has 5 aliphatic carbocycles. The lowest BCUT2D eigenvalue weighted by Crippen LogP contribution is -2.57. The lowest BCUT2D eigenvalue weighted by Gasteiger charge is -2.51. The van der Waals surface area contributed by atoms with Crippen LogP contribution < -0.4 is 10.6 Å². The van der Waals surface area contributed by atoms with Crippen molar-refractivity contribution in [3.05, 3.63) is 54.1 Å². The molecule has 5 saturated carbocycles. The van der Waals surface area contributed by atoms with Gasteiger partial charge in [0, 0.05) is 39.3 Å². The van der Waals surface area contributed by atoms with E-state index in [1.807, 2.05) is 30.3 Å². The largest absolute Gasteiger partial charge is 0.355 e. The SMILES string of the molecule is O=C(NC12C[C@H]3CC4C[C@H](C1)CC4(C3)C2)c1ccc2[nH]c(-c3ccc(NC(=O)C4CCCCC4)cc3)cc2c1. The molecule has 0 radical (unpaired) electrons. The van der Waals surface area contributed by atoms with Gasteiger partial charge in [0.1, 0.15) is 0 Å². The van der Waals surface area contributed by atoms with Crippen LogP contribution in [0.3, 0.4) is 0 Å². The maximum atomic E-state index is 13.6. The highest BCUT2D eigenvalue weighted by Gasteiger charge is 2.64. The number of nitrogens with one attached hydrogen (secondary N) is 3. The number of hydrogen-bond acceptors (Lipinski definition) is 2. The summed E-state index contributed by atoms with van der Waals surface area (Å²) in [5, 5.41) is 7.75. The molecule has 3 N–H and O–H groups in total. The third-order valence-electron chi connectivity index (χ3n) is 11.2. The second-order valence-electron chi connectivity index (χ2n) is 13.9. The monoisotopic (exact) mass is 521 g/mol. The van der Waals surface area contributed by atoms with Crippen LogP contribution in [0, 0.1) is 29.1 Å². The Morgan fingerprint density at radius 1 is 0.846 bits per heavy atom. The molecule has 1 spiro atoms. The molecule has 0 aliphatic heterocycles. The maximum Gasteiger partial charge on any atom is 0.251 e. The number of carbonyl (C=O) groups excluding carboxylic acids is 2. The first kappa shape index (κ1) is 23.8. The van der Waals surface area contributed by atoms with Crippen LogP contribution in [-0.4, -0.2) is 22.3 Å². The van der Waals surface area contributed by atoms with Crippen LogP contribution in [0.25, 0.3) is 22.2 Å². The van der Waals surface area contributed by atoms with Crippen LogP contribution >= 0.6 is 0 Å². The van der Waals surface area contributed by atoms with Gasteiger partial charge in [0.2, 0.25) is 5.91 Å². The number of benzene rings is 2. The van der Waals surface area contributed by atoms with Crippen molar-refractivity contribution < 1.29 is 9.59 Å². The summed E-state index contributed by atoms with van der Waals surface area (Å²) in [6.45, 7) is 0. The fraction of sp³-hybridized carbons (Fsp3) is 0.529. The Morgan fingerprint density at radius 2 is 1.59 bits per heavy atom. The maximum absolute atomic E-state index is 13.6. The van der Waals surface area contributed by atoms with Gasteiger partial charge in [0.05, 0.1) is 0 Å². The van der Waals surface area contributed by atoms with Crippen LogP contribution in [0.15, 0.2) is 48.5 Å². The third-order valence-corrected chi connectivity index (χ3v) is 11.2. The fourth-order valence-electron chi connectivity index (χ4n) is 9.97. The van der Waals surface area contributed by atoms with E-state index in [1.165, 1.54) is 51.4 Å². The summed E-state index contributed by atoms with van der Waals surface area (Å²) in [6, 6.07) is 16.2. The molecule has 2 aromatic carbocycles. The number of H-pyrrole nitrogens is 1. The number of hydrogen-bond donors (Lipinski definition) is 3. The Bertz CT molecular complexity index is 1430. The highest BCUT2D eigenvalue weighted by molar-refractivity contribution is 5.99. The fourth-order valence-corrected chi connectivity index (χ4v) is 9.97. The molecule has 202 valence electrons. The molecule has 4 bridgehead atoms. The van der Waals surface area contributed by atoms with Gasteiger partial charge in [-0.25, -0.2) is 0 Å². The standard InChI is InChI=1S/C34H39N3O2/c38-31(24-4-2-1-3-5-24)35-28-9-6-23(7-10-28)30-15-26-14-25(8-11-29(26)36-30)32(39)37-34-18-21-12-27-13-22(19-34)17-33(27,16-21)20-34/h6-11,14-15,21-22,24,27,36H,1-5,12-13,16-20H2,(H,35,38)(H,37,39)/t21-,22-,27?,33?,34?/m0/s1. The van der Waals surface area contributed by atoms with Crippen molar-refractivity contribution in [2.75, 3.05) is 5.32 Å². The molecule has 1 heterocycles. The smallest absolute Gasteiger partial charge is 0.251 e. The second-order valence-corrected chi connectivity index (χ2v) is 13.9. The van der Waals surface area contributed by atoms with Gasteiger partial charge in [-0.15, -0.1) is 0 Å². The van der Waals surface area contributed by atoms with Crippen molar-refractivity contribution in [3.8, 4) is 11.3 Å². The van der Waals surface area contributed by atoms with E-state index < -0.39 is 0 Å². The Morgan fingerprint density at radius 3 is 2.33 bits per heavy atom. The first-order chi connectivity index (χ1) is 19.0. The average Bonchev–Trinajstić information content (AvgIpc) is 3.54. The van der Waals surface area contributed by atoms with Gasteiger partial charge in [0.15, 0.2) is 0 Å². The predicted octanol–water partition coefficient (Wildman–Crippen LogP) is 7.44. The van der Waals surface area contributed by atoms with Gasteiger partial charge in [-0.05, 0) is 123 Å². The molecule has 5 fully saturated rings. The van der Waals surface area contributed by atoms with Crippen molar-refractivity contribution in [3.63, 3.8) is 0 Å². The molecule has 2 atom stereocenters. The molecular weight excluding hydrogens is 482 g/mol. The number of rotatable bonds is 5. The number of aromatic nitrogens is 1. The van der Waals surface area contributed by atoms with Crippen LogP contribution in [0.5, 0.6) is 0 Å². The first-order valence-corrected chi connectivity index (χ1v) is 15.3. The topological polar surface area (TPSA) is 74.0 Å². The molecular formula is C34H39N3O2. The minimum absolute atomic E-state index is 0.0145. The van der Waals surface area contributed by atoms with Crippen molar-refractivity contribution in [2.45, 2.75) is 82.6 Å². The number of amides is 2. The zero-order chi connectivity index (χ0) is 26.2. The molecule has 0 saturated heterocycles. The molecule has 3 aromatic rings. The highest BCUT2D eigenvalue weighted by Crippen LogP contribution is 2.70. The number of carbonyl (C=O) groups is 2. The Labute approximate surface area is 230 Å². The van der Waals surface area contributed by atoms with Crippen molar-refractivity contribution in [1.29, 1.82) is 0 Å². The van der Waals surface area contributed by atoms with Crippen molar-refractivity contribution in [1.82, 2.24) is 10.3 Å². The summed E-state index contributed by atoms with van der Waals surface area (Å²) < 4.78 is 0. The predicted molar refractivity (Wildman–Crippen MR) is 154 cm³/mol. The minimum atomic E-state index is 0.0145. The van der Waals surface area contributed by atoms with E-state index in [9.17, 15) is 9.59 Å². The van der Waals surface area contributed by atoms with E-state index in [2.05, 4.69) is 33.8 Å². The lowest BCUT2D eigenvalue weighted by molar-refractivity contribution is -0.120. The van der Waals surface area contributed by atoms with E-state index >= 15 is 0 Å². The molecule has 5 nitrogen and oxygen atoms in total. The van der Waals surface area contributed by atoms with Gasteiger partial charge in [0.25, 0.3) is 5.91 Å².